The quantitative estimate of drug-likeness (QED) is 0.831. The number of likely N-dealkylation sites (tertiary alicyclic amines) is 1. The van der Waals surface area contributed by atoms with Crippen LogP contribution in [0.1, 0.15) is 39.0 Å². The molecule has 0 aliphatic carbocycles. The largest absolute Gasteiger partial charge is 0.341 e. The lowest BCUT2D eigenvalue weighted by molar-refractivity contribution is -0.144. The highest BCUT2D eigenvalue weighted by atomic mass is 35.5. The topological polar surface area (TPSA) is 52.7 Å². The van der Waals surface area contributed by atoms with E-state index in [1.165, 1.54) is 6.42 Å². The van der Waals surface area contributed by atoms with Crippen molar-refractivity contribution in [1.82, 2.24) is 15.1 Å². The number of nitrogens with zero attached hydrogens (tertiary/aromatic N) is 2. The third-order valence-electron chi connectivity index (χ3n) is 5.42. The van der Waals surface area contributed by atoms with Crippen LogP contribution in [-0.4, -0.2) is 65.5 Å². The lowest BCUT2D eigenvalue weighted by Gasteiger charge is -2.40. The highest BCUT2D eigenvalue weighted by molar-refractivity contribution is 7.99. The van der Waals surface area contributed by atoms with E-state index in [-0.39, 0.29) is 30.3 Å². The summed E-state index contributed by atoms with van der Waals surface area (Å²) in [5.74, 6) is 1.75. The number of carbonyl (C=O) groups is 2. The van der Waals surface area contributed by atoms with E-state index < -0.39 is 0 Å². The highest BCUT2D eigenvalue weighted by Gasteiger charge is 2.41. The Morgan fingerprint density at radius 1 is 1.26 bits per heavy atom. The van der Waals surface area contributed by atoms with Crippen molar-refractivity contribution in [2.24, 2.45) is 5.41 Å². The van der Waals surface area contributed by atoms with Crippen molar-refractivity contribution < 1.29 is 9.59 Å². The molecule has 1 N–H and O–H groups in total. The van der Waals surface area contributed by atoms with Gasteiger partial charge in [0.25, 0.3) is 0 Å². The summed E-state index contributed by atoms with van der Waals surface area (Å²) in [7, 11) is 0. The molecule has 0 radical (unpaired) electrons. The predicted molar refractivity (Wildman–Crippen MR) is 95.8 cm³/mol. The average molecular weight is 362 g/mol. The molecule has 0 saturated carbocycles. The summed E-state index contributed by atoms with van der Waals surface area (Å²) in [6.45, 7) is 5.95. The molecule has 2 amide bonds. The van der Waals surface area contributed by atoms with Crippen LogP contribution in [0.3, 0.4) is 0 Å². The number of piperidine rings is 1. The maximum atomic E-state index is 12.8. The molecule has 1 unspecified atom stereocenters. The van der Waals surface area contributed by atoms with Gasteiger partial charge in [-0.2, -0.15) is 0 Å². The zero-order valence-electron chi connectivity index (χ0n) is 13.9. The summed E-state index contributed by atoms with van der Waals surface area (Å²) in [5, 5.41) is 3.46. The molecule has 1 spiro atoms. The molecule has 5 nitrogen and oxygen atoms in total. The van der Waals surface area contributed by atoms with Crippen LogP contribution < -0.4 is 5.32 Å². The second-order valence-corrected chi connectivity index (χ2v) is 7.88. The Balaban J connectivity index is 0.00000192. The Kier molecular flexibility index (Phi) is 6.63. The van der Waals surface area contributed by atoms with Crippen LogP contribution in [0.15, 0.2) is 0 Å². The minimum absolute atomic E-state index is 0. The van der Waals surface area contributed by atoms with Gasteiger partial charge in [0.1, 0.15) is 6.04 Å². The molecule has 1 atom stereocenters. The third kappa shape index (κ3) is 3.97. The average Bonchev–Trinajstić information content (AvgIpc) is 3.17. The fourth-order valence-corrected chi connectivity index (χ4v) is 5.06. The number of rotatable bonds is 3. The Labute approximate surface area is 149 Å². The summed E-state index contributed by atoms with van der Waals surface area (Å²) in [4.78, 5) is 28.8. The zero-order valence-corrected chi connectivity index (χ0v) is 15.5. The monoisotopic (exact) mass is 361 g/mol. The molecule has 132 valence electrons. The van der Waals surface area contributed by atoms with Gasteiger partial charge in [-0.05, 0) is 37.6 Å². The van der Waals surface area contributed by atoms with Crippen LogP contribution in [-0.2, 0) is 9.59 Å². The van der Waals surface area contributed by atoms with Crippen molar-refractivity contribution in [2.75, 3.05) is 37.8 Å². The van der Waals surface area contributed by atoms with Crippen molar-refractivity contribution in [3.8, 4) is 0 Å². The first-order valence-electron chi connectivity index (χ1n) is 8.52. The summed E-state index contributed by atoms with van der Waals surface area (Å²) >= 11 is 1.70. The third-order valence-corrected chi connectivity index (χ3v) is 6.43. The number of carbonyl (C=O) groups excluding carboxylic acids is 2. The molecule has 3 heterocycles. The van der Waals surface area contributed by atoms with Gasteiger partial charge in [0.15, 0.2) is 0 Å². The second-order valence-electron chi connectivity index (χ2n) is 6.88. The van der Waals surface area contributed by atoms with Crippen LogP contribution in [0.5, 0.6) is 0 Å². The normalized spacial score (nSPS) is 26.4. The number of thioether (sulfide) groups is 1. The van der Waals surface area contributed by atoms with Crippen molar-refractivity contribution in [1.29, 1.82) is 0 Å². The number of hydrogen-bond acceptors (Lipinski definition) is 4. The van der Waals surface area contributed by atoms with Gasteiger partial charge >= 0.3 is 0 Å². The van der Waals surface area contributed by atoms with Crippen molar-refractivity contribution in [3.05, 3.63) is 0 Å². The molecule has 0 aromatic carbocycles. The molecule has 23 heavy (non-hydrogen) atoms. The van der Waals surface area contributed by atoms with Gasteiger partial charge in [-0.25, -0.2) is 0 Å². The van der Waals surface area contributed by atoms with Gasteiger partial charge in [-0.1, -0.05) is 6.92 Å². The standard InChI is InChI=1S/C16H27N3O2S.ClH/c1-2-3-14(20)19-12-22-10-13(19)15(21)18-8-5-16(6-9-18)4-7-17-11-16;/h13,17H,2-12H2,1H3;1H. The number of nitrogens with one attached hydrogen (secondary N) is 1. The lowest BCUT2D eigenvalue weighted by Crippen LogP contribution is -2.52. The molecule has 3 aliphatic heterocycles. The van der Waals surface area contributed by atoms with E-state index in [0.717, 1.165) is 51.2 Å². The Morgan fingerprint density at radius 3 is 2.61 bits per heavy atom. The van der Waals surface area contributed by atoms with E-state index in [4.69, 9.17) is 0 Å². The van der Waals surface area contributed by atoms with Gasteiger partial charge in [0.05, 0.1) is 5.88 Å². The SMILES string of the molecule is CCCC(=O)N1CSCC1C(=O)N1CCC2(CCNC2)CC1.Cl. The van der Waals surface area contributed by atoms with E-state index in [2.05, 4.69) is 5.32 Å². The van der Waals surface area contributed by atoms with Crippen molar-refractivity contribution in [3.63, 3.8) is 0 Å². The molecule has 7 heteroatoms. The summed E-state index contributed by atoms with van der Waals surface area (Å²) in [5.41, 5.74) is 0.429. The van der Waals surface area contributed by atoms with Crippen LogP contribution >= 0.6 is 24.2 Å². The number of halogens is 1. The van der Waals surface area contributed by atoms with Crippen molar-refractivity contribution >= 4 is 36.0 Å². The smallest absolute Gasteiger partial charge is 0.246 e. The first-order chi connectivity index (χ1) is 10.7. The predicted octanol–water partition coefficient (Wildman–Crippen LogP) is 1.71. The maximum Gasteiger partial charge on any atom is 0.246 e. The van der Waals surface area contributed by atoms with Crippen LogP contribution in [0, 0.1) is 5.41 Å². The van der Waals surface area contributed by atoms with Gasteiger partial charge < -0.3 is 15.1 Å². The first kappa shape index (κ1) is 18.9. The summed E-state index contributed by atoms with van der Waals surface area (Å²) in [6.07, 6.45) is 4.86. The maximum absolute atomic E-state index is 12.8. The van der Waals surface area contributed by atoms with Gasteiger partial charge in [-0.3, -0.25) is 9.59 Å². The fraction of sp³-hybridized carbons (Fsp3) is 0.875. The van der Waals surface area contributed by atoms with Crippen LogP contribution in [0.2, 0.25) is 0 Å². The first-order valence-corrected chi connectivity index (χ1v) is 9.67. The van der Waals surface area contributed by atoms with Gasteiger partial charge in [-0.15, -0.1) is 24.2 Å². The molecular formula is C16H28ClN3O2S. The molecule has 0 aromatic rings. The molecular weight excluding hydrogens is 334 g/mol. The van der Waals surface area contributed by atoms with Crippen LogP contribution in [0.25, 0.3) is 0 Å². The second kappa shape index (κ2) is 8.08. The Bertz CT molecular complexity index is 433. The number of hydrogen-bond donors (Lipinski definition) is 1. The zero-order chi connectivity index (χ0) is 15.6. The van der Waals surface area contributed by atoms with Crippen LogP contribution in [0.4, 0.5) is 0 Å². The van der Waals surface area contributed by atoms with E-state index in [1.807, 2.05) is 11.8 Å². The highest BCUT2D eigenvalue weighted by Crippen LogP contribution is 2.37. The Hall–Kier alpha value is -0.460. The molecule has 3 rings (SSSR count). The minimum atomic E-state index is -0.222. The fourth-order valence-electron chi connectivity index (χ4n) is 3.88. The van der Waals surface area contributed by atoms with E-state index in [0.29, 0.717) is 17.7 Å². The van der Waals surface area contributed by atoms with E-state index >= 15 is 0 Å². The molecule has 3 saturated heterocycles. The number of amides is 2. The molecule has 3 aliphatic rings. The lowest BCUT2D eigenvalue weighted by atomic mass is 9.78. The summed E-state index contributed by atoms with van der Waals surface area (Å²) in [6, 6.07) is -0.222. The minimum Gasteiger partial charge on any atom is -0.341 e. The summed E-state index contributed by atoms with van der Waals surface area (Å²) < 4.78 is 0. The molecule has 0 aromatic heterocycles. The molecule has 0 bridgehead atoms. The van der Waals surface area contributed by atoms with Gasteiger partial charge in [0.2, 0.25) is 11.8 Å². The van der Waals surface area contributed by atoms with E-state index in [1.54, 1.807) is 16.7 Å². The van der Waals surface area contributed by atoms with Gasteiger partial charge in [0, 0.05) is 31.8 Å². The Morgan fingerprint density at radius 2 is 2.00 bits per heavy atom. The molecule has 3 fully saturated rings. The van der Waals surface area contributed by atoms with Crippen molar-refractivity contribution in [2.45, 2.75) is 45.1 Å². The van der Waals surface area contributed by atoms with E-state index in [9.17, 15) is 9.59 Å².